The summed E-state index contributed by atoms with van der Waals surface area (Å²) >= 11 is 5.93. The molecular formula is C22H22ClN3O3. The number of imide groups is 1. The van der Waals surface area contributed by atoms with Crippen LogP contribution in [0.4, 0.5) is 0 Å². The van der Waals surface area contributed by atoms with Gasteiger partial charge in [-0.2, -0.15) is 0 Å². The van der Waals surface area contributed by atoms with Gasteiger partial charge in [-0.3, -0.25) is 24.2 Å². The van der Waals surface area contributed by atoms with Crippen LogP contribution in [0.3, 0.4) is 0 Å². The minimum absolute atomic E-state index is 0.0548. The van der Waals surface area contributed by atoms with E-state index >= 15 is 0 Å². The van der Waals surface area contributed by atoms with E-state index < -0.39 is 11.8 Å². The van der Waals surface area contributed by atoms with Crippen LogP contribution in [0.15, 0.2) is 48.5 Å². The number of hydrogen-bond acceptors (Lipinski definition) is 4. The third kappa shape index (κ3) is 4.33. The molecule has 29 heavy (non-hydrogen) atoms. The number of halogens is 1. The van der Waals surface area contributed by atoms with Crippen molar-refractivity contribution in [1.29, 1.82) is 0 Å². The van der Waals surface area contributed by atoms with Crippen molar-refractivity contribution in [2.45, 2.75) is 25.4 Å². The Kier molecular flexibility index (Phi) is 5.65. The van der Waals surface area contributed by atoms with Gasteiger partial charge in [-0.15, -0.1) is 0 Å². The van der Waals surface area contributed by atoms with Crippen molar-refractivity contribution in [2.24, 2.45) is 0 Å². The molecule has 2 aromatic carbocycles. The van der Waals surface area contributed by atoms with Crippen LogP contribution in [-0.4, -0.2) is 53.2 Å². The summed E-state index contributed by atoms with van der Waals surface area (Å²) < 4.78 is 0. The summed E-state index contributed by atoms with van der Waals surface area (Å²) in [5, 5.41) is 3.71. The molecule has 3 amide bonds. The number of nitrogens with zero attached hydrogens (tertiary/aromatic N) is 2. The predicted octanol–water partition coefficient (Wildman–Crippen LogP) is 2.72. The Balaban J connectivity index is 1.26. The van der Waals surface area contributed by atoms with Crippen LogP contribution in [0, 0.1) is 0 Å². The number of amides is 3. The largest absolute Gasteiger partial charge is 0.352 e. The highest BCUT2D eigenvalue weighted by Crippen LogP contribution is 2.22. The lowest BCUT2D eigenvalue weighted by molar-refractivity contribution is -0.122. The van der Waals surface area contributed by atoms with E-state index in [0.717, 1.165) is 42.4 Å². The number of hydrogen-bond donors (Lipinski definition) is 1. The van der Waals surface area contributed by atoms with Crippen LogP contribution in [0.25, 0.3) is 0 Å². The van der Waals surface area contributed by atoms with Crippen molar-refractivity contribution in [3.8, 4) is 0 Å². The van der Waals surface area contributed by atoms with Gasteiger partial charge in [0, 0.05) is 30.7 Å². The molecule has 150 valence electrons. The third-order valence-electron chi connectivity index (χ3n) is 5.45. The van der Waals surface area contributed by atoms with Crippen LogP contribution in [0.5, 0.6) is 0 Å². The summed E-state index contributed by atoms with van der Waals surface area (Å²) in [6.07, 6.45) is 1.67. The van der Waals surface area contributed by atoms with E-state index in [1.165, 1.54) is 5.56 Å². The molecule has 0 aromatic heterocycles. The molecule has 4 rings (SSSR count). The molecule has 2 heterocycles. The fourth-order valence-corrected chi connectivity index (χ4v) is 4.01. The molecule has 2 aliphatic heterocycles. The fourth-order valence-electron chi connectivity index (χ4n) is 3.88. The predicted molar refractivity (Wildman–Crippen MR) is 110 cm³/mol. The van der Waals surface area contributed by atoms with Crippen molar-refractivity contribution >= 4 is 29.3 Å². The van der Waals surface area contributed by atoms with E-state index in [4.69, 9.17) is 11.6 Å². The van der Waals surface area contributed by atoms with Crippen molar-refractivity contribution in [3.63, 3.8) is 0 Å². The first kappa shape index (κ1) is 19.6. The first-order chi connectivity index (χ1) is 14.0. The van der Waals surface area contributed by atoms with E-state index in [1.54, 1.807) is 24.3 Å². The molecule has 0 atom stereocenters. The SMILES string of the molecule is O=C(CN1C(=O)c2ccccc2C1=O)NC1CCN(Cc2ccc(Cl)cc2)CC1. The lowest BCUT2D eigenvalue weighted by Crippen LogP contribution is -2.48. The molecule has 0 aliphatic carbocycles. The number of benzene rings is 2. The second-order valence-electron chi connectivity index (χ2n) is 7.49. The maximum absolute atomic E-state index is 12.4. The summed E-state index contributed by atoms with van der Waals surface area (Å²) in [5.74, 6) is -1.10. The van der Waals surface area contributed by atoms with Gasteiger partial charge in [-0.1, -0.05) is 35.9 Å². The van der Waals surface area contributed by atoms with E-state index in [0.29, 0.717) is 11.1 Å². The molecule has 0 saturated carbocycles. The van der Waals surface area contributed by atoms with Gasteiger partial charge >= 0.3 is 0 Å². The highest BCUT2D eigenvalue weighted by molar-refractivity contribution is 6.30. The van der Waals surface area contributed by atoms with Gasteiger partial charge in [0.1, 0.15) is 6.54 Å². The van der Waals surface area contributed by atoms with Gasteiger partial charge < -0.3 is 5.32 Å². The van der Waals surface area contributed by atoms with Gasteiger partial charge in [0.05, 0.1) is 11.1 Å². The second-order valence-corrected chi connectivity index (χ2v) is 7.92. The topological polar surface area (TPSA) is 69.7 Å². The molecule has 0 unspecified atom stereocenters. The molecule has 2 aliphatic rings. The fraction of sp³-hybridized carbons (Fsp3) is 0.318. The first-order valence-electron chi connectivity index (χ1n) is 9.72. The lowest BCUT2D eigenvalue weighted by Gasteiger charge is -2.32. The van der Waals surface area contributed by atoms with Crippen molar-refractivity contribution in [1.82, 2.24) is 15.1 Å². The van der Waals surface area contributed by atoms with Crippen molar-refractivity contribution in [2.75, 3.05) is 19.6 Å². The van der Waals surface area contributed by atoms with Gasteiger partial charge in [0.25, 0.3) is 11.8 Å². The summed E-state index contributed by atoms with van der Waals surface area (Å²) in [4.78, 5) is 40.6. The minimum Gasteiger partial charge on any atom is -0.352 e. The zero-order valence-electron chi connectivity index (χ0n) is 15.9. The molecule has 6 nitrogen and oxygen atoms in total. The Labute approximate surface area is 174 Å². The van der Waals surface area contributed by atoms with Crippen LogP contribution in [0.1, 0.15) is 39.1 Å². The molecule has 1 saturated heterocycles. The Morgan fingerprint density at radius 3 is 2.14 bits per heavy atom. The van der Waals surface area contributed by atoms with E-state index in [2.05, 4.69) is 10.2 Å². The number of nitrogens with one attached hydrogen (secondary N) is 1. The number of rotatable bonds is 5. The quantitative estimate of drug-likeness (QED) is 0.768. The number of fused-ring (bicyclic) bond motifs is 1. The molecule has 0 bridgehead atoms. The Morgan fingerprint density at radius 2 is 1.55 bits per heavy atom. The van der Waals surface area contributed by atoms with Crippen molar-refractivity contribution < 1.29 is 14.4 Å². The average Bonchev–Trinajstić information content (AvgIpc) is 2.96. The van der Waals surface area contributed by atoms with E-state index in [-0.39, 0.29) is 18.5 Å². The Hall–Kier alpha value is -2.70. The van der Waals surface area contributed by atoms with Gasteiger partial charge in [-0.05, 0) is 42.7 Å². The van der Waals surface area contributed by atoms with Crippen LogP contribution < -0.4 is 5.32 Å². The molecule has 2 aromatic rings. The summed E-state index contributed by atoms with van der Waals surface area (Å²) in [5.41, 5.74) is 1.93. The molecule has 7 heteroatoms. The van der Waals surface area contributed by atoms with E-state index in [1.807, 2.05) is 24.3 Å². The highest BCUT2D eigenvalue weighted by atomic mass is 35.5. The Morgan fingerprint density at radius 1 is 0.966 bits per heavy atom. The van der Waals surface area contributed by atoms with Crippen LogP contribution in [0.2, 0.25) is 5.02 Å². The zero-order valence-corrected chi connectivity index (χ0v) is 16.7. The molecular weight excluding hydrogens is 390 g/mol. The number of piperidine rings is 1. The van der Waals surface area contributed by atoms with Crippen LogP contribution in [-0.2, 0) is 11.3 Å². The number of carbonyl (C=O) groups excluding carboxylic acids is 3. The molecule has 1 fully saturated rings. The first-order valence-corrected chi connectivity index (χ1v) is 10.1. The summed E-state index contributed by atoms with van der Waals surface area (Å²) in [7, 11) is 0. The maximum atomic E-state index is 12.4. The van der Waals surface area contributed by atoms with E-state index in [9.17, 15) is 14.4 Å². The third-order valence-corrected chi connectivity index (χ3v) is 5.70. The normalized spacial score (nSPS) is 17.5. The van der Waals surface area contributed by atoms with Crippen molar-refractivity contribution in [3.05, 3.63) is 70.2 Å². The van der Waals surface area contributed by atoms with Crippen LogP contribution >= 0.6 is 11.6 Å². The molecule has 0 radical (unpaired) electrons. The monoisotopic (exact) mass is 411 g/mol. The second kappa shape index (κ2) is 8.35. The molecule has 0 spiro atoms. The maximum Gasteiger partial charge on any atom is 0.262 e. The lowest BCUT2D eigenvalue weighted by atomic mass is 10.0. The summed E-state index contributed by atoms with van der Waals surface area (Å²) in [6.45, 7) is 2.37. The minimum atomic E-state index is -0.404. The standard InChI is InChI=1S/C22H22ClN3O3/c23-16-7-5-15(6-8-16)13-25-11-9-17(10-12-25)24-20(27)14-26-21(28)18-3-1-2-4-19(18)22(26)29/h1-8,17H,9-14H2,(H,24,27). The number of carbonyl (C=O) groups is 3. The molecule has 1 N–H and O–H groups in total. The Bertz CT molecular complexity index is 902. The van der Waals surface area contributed by atoms with Gasteiger partial charge in [0.2, 0.25) is 5.91 Å². The average molecular weight is 412 g/mol. The zero-order chi connectivity index (χ0) is 20.4. The smallest absolute Gasteiger partial charge is 0.262 e. The number of likely N-dealkylation sites (tertiary alicyclic amines) is 1. The van der Waals surface area contributed by atoms with Gasteiger partial charge in [0.15, 0.2) is 0 Å². The van der Waals surface area contributed by atoms with Gasteiger partial charge in [-0.25, -0.2) is 0 Å². The highest BCUT2D eigenvalue weighted by Gasteiger charge is 2.36. The summed E-state index contributed by atoms with van der Waals surface area (Å²) in [6, 6.07) is 14.5.